The molecule has 1 aromatic heterocycles. The zero-order valence-electron chi connectivity index (χ0n) is 13.3. The van der Waals surface area contributed by atoms with E-state index in [2.05, 4.69) is 20.9 Å². The summed E-state index contributed by atoms with van der Waals surface area (Å²) >= 11 is 3.42. The zero-order chi connectivity index (χ0) is 17.1. The first-order valence-electron chi connectivity index (χ1n) is 7.33. The molecule has 2 aromatic carbocycles. The van der Waals surface area contributed by atoms with E-state index in [0.29, 0.717) is 22.6 Å². The number of carbonyl (C=O) groups excluding carboxylic acids is 1. The van der Waals surface area contributed by atoms with E-state index in [1.807, 2.05) is 30.5 Å². The summed E-state index contributed by atoms with van der Waals surface area (Å²) in [5.41, 5.74) is 3.00. The van der Waals surface area contributed by atoms with Crippen molar-refractivity contribution in [1.82, 2.24) is 4.98 Å². The quantitative estimate of drug-likeness (QED) is 0.648. The summed E-state index contributed by atoms with van der Waals surface area (Å²) < 4.78 is 11.5. The molecule has 0 aliphatic rings. The second-order valence-electron chi connectivity index (χ2n) is 5.19. The smallest absolute Gasteiger partial charge is 0.195 e. The third-order valence-corrected chi connectivity index (χ3v) is 4.32. The molecule has 0 radical (unpaired) electrons. The monoisotopic (exact) mass is 385 g/mol. The first-order valence-corrected chi connectivity index (χ1v) is 8.12. The molecule has 0 unspecified atom stereocenters. The average Bonchev–Trinajstić information content (AvgIpc) is 3.10. The summed E-state index contributed by atoms with van der Waals surface area (Å²) in [5.74, 6) is 1.05. The SMILES string of the molecule is COc1ccc(C(=O)c2c[nH]cc2-c2ccc(Br)cc2)cc1OC. The number of ketones is 1. The lowest BCUT2D eigenvalue weighted by atomic mass is 9.98. The number of hydrogen-bond donors (Lipinski definition) is 1. The van der Waals surface area contributed by atoms with Crippen molar-refractivity contribution in [2.45, 2.75) is 0 Å². The fourth-order valence-electron chi connectivity index (χ4n) is 2.55. The Morgan fingerprint density at radius 2 is 1.67 bits per heavy atom. The van der Waals surface area contributed by atoms with Gasteiger partial charge >= 0.3 is 0 Å². The molecule has 0 bridgehead atoms. The summed E-state index contributed by atoms with van der Waals surface area (Å²) in [6.07, 6.45) is 3.55. The van der Waals surface area contributed by atoms with Gasteiger partial charge in [0, 0.05) is 33.6 Å². The number of H-pyrrole nitrogens is 1. The van der Waals surface area contributed by atoms with Crippen molar-refractivity contribution in [3.63, 3.8) is 0 Å². The van der Waals surface area contributed by atoms with Gasteiger partial charge in [-0.3, -0.25) is 4.79 Å². The number of halogens is 1. The Hall–Kier alpha value is -2.53. The van der Waals surface area contributed by atoms with Gasteiger partial charge in [0.2, 0.25) is 0 Å². The predicted octanol–water partition coefficient (Wildman–Crippen LogP) is 4.69. The van der Waals surface area contributed by atoms with Crippen LogP contribution in [0, 0.1) is 0 Å². The number of rotatable bonds is 5. The van der Waals surface area contributed by atoms with Gasteiger partial charge < -0.3 is 14.5 Å². The molecule has 1 N–H and O–H groups in total. The Morgan fingerprint density at radius 1 is 0.958 bits per heavy atom. The van der Waals surface area contributed by atoms with E-state index >= 15 is 0 Å². The van der Waals surface area contributed by atoms with E-state index in [1.54, 1.807) is 38.6 Å². The van der Waals surface area contributed by atoms with Crippen LogP contribution in [0.15, 0.2) is 59.3 Å². The molecule has 0 aliphatic heterocycles. The van der Waals surface area contributed by atoms with Crippen LogP contribution in [0.5, 0.6) is 11.5 Å². The van der Waals surface area contributed by atoms with E-state index in [0.717, 1.165) is 15.6 Å². The summed E-state index contributed by atoms with van der Waals surface area (Å²) in [7, 11) is 3.12. The van der Waals surface area contributed by atoms with E-state index < -0.39 is 0 Å². The summed E-state index contributed by atoms with van der Waals surface area (Å²) in [6.45, 7) is 0. The van der Waals surface area contributed by atoms with Gasteiger partial charge in [-0.2, -0.15) is 0 Å². The van der Waals surface area contributed by atoms with Crippen LogP contribution in [0.25, 0.3) is 11.1 Å². The minimum atomic E-state index is -0.0740. The van der Waals surface area contributed by atoms with Crippen LogP contribution >= 0.6 is 15.9 Å². The molecule has 0 fully saturated rings. The molecule has 1 heterocycles. The highest BCUT2D eigenvalue weighted by molar-refractivity contribution is 9.10. The molecule has 24 heavy (non-hydrogen) atoms. The Labute approximate surface area is 148 Å². The maximum atomic E-state index is 12.9. The largest absolute Gasteiger partial charge is 0.493 e. The van der Waals surface area contributed by atoms with Gasteiger partial charge in [-0.05, 0) is 35.9 Å². The van der Waals surface area contributed by atoms with Crippen molar-refractivity contribution in [1.29, 1.82) is 0 Å². The van der Waals surface area contributed by atoms with Gasteiger partial charge in [0.25, 0.3) is 0 Å². The number of hydrogen-bond acceptors (Lipinski definition) is 3. The number of carbonyl (C=O) groups is 1. The van der Waals surface area contributed by atoms with Crippen LogP contribution in [-0.4, -0.2) is 25.0 Å². The van der Waals surface area contributed by atoms with Gasteiger partial charge in [0.05, 0.1) is 14.2 Å². The Kier molecular flexibility index (Phi) is 4.71. The summed E-state index contributed by atoms with van der Waals surface area (Å²) in [5, 5.41) is 0. The lowest BCUT2D eigenvalue weighted by Gasteiger charge is -2.09. The summed E-state index contributed by atoms with van der Waals surface area (Å²) in [4.78, 5) is 15.9. The molecule has 0 amide bonds. The van der Waals surface area contributed by atoms with Gasteiger partial charge in [-0.1, -0.05) is 28.1 Å². The maximum Gasteiger partial charge on any atom is 0.195 e. The fraction of sp³-hybridized carbons (Fsp3) is 0.105. The van der Waals surface area contributed by atoms with Crippen LogP contribution in [-0.2, 0) is 0 Å². The normalized spacial score (nSPS) is 10.5. The van der Waals surface area contributed by atoms with Crippen LogP contribution in [0.4, 0.5) is 0 Å². The van der Waals surface area contributed by atoms with Crippen molar-refractivity contribution in [2.24, 2.45) is 0 Å². The average molecular weight is 386 g/mol. The van der Waals surface area contributed by atoms with Crippen molar-refractivity contribution in [3.8, 4) is 22.6 Å². The van der Waals surface area contributed by atoms with Crippen LogP contribution < -0.4 is 9.47 Å². The minimum absolute atomic E-state index is 0.0740. The van der Waals surface area contributed by atoms with Gasteiger partial charge in [0.1, 0.15) is 0 Å². The molecule has 0 saturated heterocycles. The Balaban J connectivity index is 2.00. The second kappa shape index (κ2) is 6.93. The van der Waals surface area contributed by atoms with Gasteiger partial charge in [-0.25, -0.2) is 0 Å². The topological polar surface area (TPSA) is 51.3 Å². The molecule has 122 valence electrons. The molecule has 0 atom stereocenters. The van der Waals surface area contributed by atoms with Gasteiger partial charge in [0.15, 0.2) is 17.3 Å². The van der Waals surface area contributed by atoms with Crippen molar-refractivity contribution in [2.75, 3.05) is 14.2 Å². The Bertz CT molecular complexity index is 869. The highest BCUT2D eigenvalue weighted by atomic mass is 79.9. The minimum Gasteiger partial charge on any atom is -0.493 e. The molecule has 0 spiro atoms. The molecule has 5 heteroatoms. The lowest BCUT2D eigenvalue weighted by Crippen LogP contribution is -2.03. The van der Waals surface area contributed by atoms with E-state index in [4.69, 9.17) is 9.47 Å². The first kappa shape index (κ1) is 16.3. The highest BCUT2D eigenvalue weighted by Gasteiger charge is 2.17. The predicted molar refractivity (Wildman–Crippen MR) is 96.9 cm³/mol. The Morgan fingerprint density at radius 3 is 2.33 bits per heavy atom. The standard InChI is InChI=1S/C19H16BrNO3/c1-23-17-8-5-13(9-18(17)24-2)19(22)16-11-21-10-15(16)12-3-6-14(20)7-4-12/h3-11,21H,1-2H3. The first-order chi connectivity index (χ1) is 11.6. The zero-order valence-corrected chi connectivity index (χ0v) is 14.9. The molecular weight excluding hydrogens is 370 g/mol. The third kappa shape index (κ3) is 3.08. The second-order valence-corrected chi connectivity index (χ2v) is 6.10. The van der Waals surface area contributed by atoms with E-state index in [9.17, 15) is 4.79 Å². The lowest BCUT2D eigenvalue weighted by molar-refractivity contribution is 0.103. The molecule has 3 aromatic rings. The van der Waals surface area contributed by atoms with Crippen molar-refractivity contribution in [3.05, 3.63) is 70.5 Å². The molecule has 4 nitrogen and oxygen atoms in total. The highest BCUT2D eigenvalue weighted by Crippen LogP contribution is 2.31. The van der Waals surface area contributed by atoms with Crippen molar-refractivity contribution < 1.29 is 14.3 Å². The summed E-state index contributed by atoms with van der Waals surface area (Å²) in [6, 6.07) is 13.0. The van der Waals surface area contributed by atoms with E-state index in [-0.39, 0.29) is 5.78 Å². The third-order valence-electron chi connectivity index (χ3n) is 3.79. The van der Waals surface area contributed by atoms with Crippen LogP contribution in [0.3, 0.4) is 0 Å². The number of aromatic amines is 1. The number of nitrogens with one attached hydrogen (secondary N) is 1. The molecule has 3 rings (SSSR count). The number of methoxy groups -OCH3 is 2. The maximum absolute atomic E-state index is 12.9. The van der Waals surface area contributed by atoms with E-state index in [1.165, 1.54) is 0 Å². The molecular formula is C19H16BrNO3. The van der Waals surface area contributed by atoms with Crippen LogP contribution in [0.1, 0.15) is 15.9 Å². The fourth-order valence-corrected chi connectivity index (χ4v) is 2.82. The van der Waals surface area contributed by atoms with Crippen LogP contribution in [0.2, 0.25) is 0 Å². The molecule has 0 aliphatic carbocycles. The number of ether oxygens (including phenoxy) is 2. The molecule has 0 saturated carbocycles. The number of aromatic nitrogens is 1. The number of benzene rings is 2. The van der Waals surface area contributed by atoms with Gasteiger partial charge in [-0.15, -0.1) is 0 Å². The van der Waals surface area contributed by atoms with Crippen molar-refractivity contribution >= 4 is 21.7 Å².